The van der Waals surface area contributed by atoms with Crippen LogP contribution in [0.2, 0.25) is 0 Å². The molecule has 0 bridgehead atoms. The smallest absolute Gasteiger partial charge is 0.234 e. The van der Waals surface area contributed by atoms with E-state index in [2.05, 4.69) is 15.6 Å². The number of para-hydroxylation sites is 1. The summed E-state index contributed by atoms with van der Waals surface area (Å²) in [6.45, 7) is 1.99. The lowest BCUT2D eigenvalue weighted by Gasteiger charge is -2.07. The van der Waals surface area contributed by atoms with Crippen LogP contribution < -0.4 is 10.6 Å². The van der Waals surface area contributed by atoms with Gasteiger partial charge in [-0.05, 0) is 43.3 Å². The Bertz CT molecular complexity index is 1190. The summed E-state index contributed by atoms with van der Waals surface area (Å²) in [5.74, 6) is 0.147. The van der Waals surface area contributed by atoms with Gasteiger partial charge in [-0.3, -0.25) is 9.59 Å². The highest BCUT2D eigenvalue weighted by molar-refractivity contribution is 8.00. The van der Waals surface area contributed by atoms with Gasteiger partial charge in [0.1, 0.15) is 5.01 Å². The predicted octanol–water partition coefficient (Wildman–Crippen LogP) is 5.58. The number of thiazole rings is 1. The lowest BCUT2D eigenvalue weighted by molar-refractivity contribution is -0.114. The van der Waals surface area contributed by atoms with Crippen LogP contribution in [0, 0.1) is 6.92 Å². The van der Waals surface area contributed by atoms with E-state index in [9.17, 15) is 9.59 Å². The Morgan fingerprint density at radius 1 is 0.871 bits per heavy atom. The summed E-state index contributed by atoms with van der Waals surface area (Å²) >= 11 is 2.90. The highest BCUT2D eigenvalue weighted by atomic mass is 32.2. The number of fused-ring (bicyclic) bond motifs is 1. The number of benzene rings is 3. The summed E-state index contributed by atoms with van der Waals surface area (Å²) in [6.07, 6.45) is 0. The van der Waals surface area contributed by atoms with Crippen molar-refractivity contribution in [1.82, 2.24) is 4.98 Å². The third-order valence-electron chi connectivity index (χ3n) is 4.49. The summed E-state index contributed by atoms with van der Waals surface area (Å²) in [6, 6.07) is 23.3. The van der Waals surface area contributed by atoms with E-state index in [1.807, 2.05) is 79.7 Å². The van der Waals surface area contributed by atoms with Crippen molar-refractivity contribution < 1.29 is 9.59 Å². The minimum Gasteiger partial charge on any atom is -0.325 e. The second-order valence-electron chi connectivity index (χ2n) is 7.02. The number of amides is 2. The Kier molecular flexibility index (Phi) is 6.64. The normalized spacial score (nSPS) is 10.7. The molecule has 3 aromatic carbocycles. The molecule has 4 rings (SSSR count). The van der Waals surface area contributed by atoms with Crippen molar-refractivity contribution in [2.45, 2.75) is 6.92 Å². The highest BCUT2D eigenvalue weighted by Gasteiger charge is 2.09. The van der Waals surface area contributed by atoms with Crippen LogP contribution in [0.25, 0.3) is 20.8 Å². The van der Waals surface area contributed by atoms with E-state index in [4.69, 9.17) is 0 Å². The SMILES string of the molecule is Cc1ccc(NC(=O)CSCC(=O)Nc2cccc(-c3nc4ccccc4s3)c2)cc1. The number of nitrogens with zero attached hydrogens (tertiary/aromatic N) is 1. The molecule has 0 aliphatic carbocycles. The van der Waals surface area contributed by atoms with Gasteiger partial charge in [0.2, 0.25) is 11.8 Å². The molecule has 1 aromatic heterocycles. The number of anilines is 2. The van der Waals surface area contributed by atoms with Gasteiger partial charge < -0.3 is 10.6 Å². The second-order valence-corrected chi connectivity index (χ2v) is 9.04. The zero-order valence-corrected chi connectivity index (χ0v) is 18.6. The zero-order chi connectivity index (χ0) is 21.6. The molecule has 0 unspecified atom stereocenters. The standard InChI is InChI=1S/C24H21N3O2S2/c1-16-9-11-18(12-10-16)25-22(28)14-30-15-23(29)26-19-6-4-5-17(13-19)24-27-20-7-2-3-8-21(20)31-24/h2-13H,14-15H2,1H3,(H,25,28)(H,26,29). The van der Waals surface area contributed by atoms with Crippen LogP contribution in [0.15, 0.2) is 72.8 Å². The highest BCUT2D eigenvalue weighted by Crippen LogP contribution is 2.31. The molecule has 7 heteroatoms. The van der Waals surface area contributed by atoms with Crippen LogP contribution in [-0.2, 0) is 9.59 Å². The van der Waals surface area contributed by atoms with E-state index in [1.54, 1.807) is 11.3 Å². The van der Waals surface area contributed by atoms with Crippen LogP contribution in [-0.4, -0.2) is 28.3 Å². The Morgan fingerprint density at radius 3 is 2.32 bits per heavy atom. The molecule has 0 radical (unpaired) electrons. The molecule has 0 fully saturated rings. The van der Waals surface area contributed by atoms with E-state index in [0.29, 0.717) is 5.69 Å². The maximum Gasteiger partial charge on any atom is 0.234 e. The number of hydrogen-bond donors (Lipinski definition) is 2. The maximum absolute atomic E-state index is 12.3. The summed E-state index contributed by atoms with van der Waals surface area (Å²) < 4.78 is 1.13. The summed E-state index contributed by atoms with van der Waals surface area (Å²) in [5, 5.41) is 6.65. The van der Waals surface area contributed by atoms with Crippen molar-refractivity contribution in [3.8, 4) is 10.6 Å². The van der Waals surface area contributed by atoms with Gasteiger partial charge in [-0.2, -0.15) is 0 Å². The van der Waals surface area contributed by atoms with Gasteiger partial charge in [-0.1, -0.05) is 42.0 Å². The Morgan fingerprint density at radius 2 is 1.58 bits per heavy atom. The van der Waals surface area contributed by atoms with Crippen LogP contribution in [0.1, 0.15) is 5.56 Å². The molecule has 0 atom stereocenters. The first-order valence-corrected chi connectivity index (χ1v) is 11.7. The number of carbonyl (C=O) groups excluding carboxylic acids is 2. The van der Waals surface area contributed by atoms with Crippen LogP contribution >= 0.6 is 23.1 Å². The molecule has 5 nitrogen and oxygen atoms in total. The van der Waals surface area contributed by atoms with Gasteiger partial charge in [-0.15, -0.1) is 23.1 Å². The first kappa shape index (κ1) is 21.1. The van der Waals surface area contributed by atoms with Crippen molar-refractivity contribution >= 4 is 56.5 Å². The van der Waals surface area contributed by atoms with Crippen LogP contribution in [0.4, 0.5) is 11.4 Å². The van der Waals surface area contributed by atoms with Gasteiger partial charge in [-0.25, -0.2) is 4.98 Å². The lowest BCUT2D eigenvalue weighted by atomic mass is 10.2. The van der Waals surface area contributed by atoms with Crippen molar-refractivity contribution in [3.63, 3.8) is 0 Å². The second kappa shape index (κ2) is 9.76. The van der Waals surface area contributed by atoms with Crippen LogP contribution in [0.5, 0.6) is 0 Å². The number of aryl methyl sites for hydroxylation is 1. The minimum atomic E-state index is -0.144. The average Bonchev–Trinajstić information content (AvgIpc) is 3.20. The minimum absolute atomic E-state index is 0.125. The molecule has 0 aliphatic rings. The number of carbonyl (C=O) groups is 2. The van der Waals surface area contributed by atoms with Gasteiger partial charge in [0, 0.05) is 16.9 Å². The molecular weight excluding hydrogens is 426 g/mol. The first-order chi connectivity index (χ1) is 15.1. The Labute approximate surface area is 188 Å². The monoisotopic (exact) mass is 447 g/mol. The fourth-order valence-corrected chi connectivity index (χ4v) is 4.57. The molecule has 4 aromatic rings. The van der Waals surface area contributed by atoms with Crippen LogP contribution in [0.3, 0.4) is 0 Å². The van der Waals surface area contributed by atoms with E-state index in [-0.39, 0.29) is 23.3 Å². The van der Waals surface area contributed by atoms with Gasteiger partial charge in [0.05, 0.1) is 21.7 Å². The van der Waals surface area contributed by atoms with Crippen molar-refractivity contribution in [2.24, 2.45) is 0 Å². The largest absolute Gasteiger partial charge is 0.325 e. The molecule has 0 aliphatic heterocycles. The average molecular weight is 448 g/mol. The quantitative estimate of drug-likeness (QED) is 0.388. The fraction of sp³-hybridized carbons (Fsp3) is 0.125. The molecule has 156 valence electrons. The van der Waals surface area contributed by atoms with E-state index < -0.39 is 0 Å². The number of aromatic nitrogens is 1. The third kappa shape index (κ3) is 5.71. The van der Waals surface area contributed by atoms with Gasteiger partial charge in [0.25, 0.3) is 0 Å². The number of rotatable bonds is 7. The maximum atomic E-state index is 12.3. The number of hydrogen-bond acceptors (Lipinski definition) is 5. The van der Waals surface area contributed by atoms with Gasteiger partial charge >= 0.3 is 0 Å². The summed E-state index contributed by atoms with van der Waals surface area (Å²) in [4.78, 5) is 29.0. The molecule has 0 spiro atoms. The first-order valence-electron chi connectivity index (χ1n) is 9.77. The van der Waals surface area contributed by atoms with Crippen molar-refractivity contribution in [2.75, 3.05) is 22.1 Å². The molecule has 0 saturated heterocycles. The molecule has 1 heterocycles. The van der Waals surface area contributed by atoms with Crippen molar-refractivity contribution in [1.29, 1.82) is 0 Å². The zero-order valence-electron chi connectivity index (χ0n) is 16.9. The molecular formula is C24H21N3O2S2. The molecule has 2 N–H and O–H groups in total. The molecule has 0 saturated carbocycles. The summed E-state index contributed by atoms with van der Waals surface area (Å²) in [5.41, 5.74) is 4.54. The van der Waals surface area contributed by atoms with E-state index in [1.165, 1.54) is 11.8 Å². The number of thioether (sulfide) groups is 1. The number of nitrogens with one attached hydrogen (secondary N) is 2. The topological polar surface area (TPSA) is 71.1 Å². The van der Waals surface area contributed by atoms with E-state index >= 15 is 0 Å². The van der Waals surface area contributed by atoms with Crippen molar-refractivity contribution in [3.05, 3.63) is 78.4 Å². The molecule has 31 heavy (non-hydrogen) atoms. The molecule has 2 amide bonds. The Balaban J connectivity index is 1.29. The van der Waals surface area contributed by atoms with E-state index in [0.717, 1.165) is 32.0 Å². The third-order valence-corrected chi connectivity index (χ3v) is 6.51. The fourth-order valence-electron chi connectivity index (χ4n) is 2.99. The summed E-state index contributed by atoms with van der Waals surface area (Å²) in [7, 11) is 0. The van der Waals surface area contributed by atoms with Gasteiger partial charge in [0.15, 0.2) is 0 Å². The predicted molar refractivity (Wildman–Crippen MR) is 131 cm³/mol. The lowest BCUT2D eigenvalue weighted by Crippen LogP contribution is -2.18. The Hall–Kier alpha value is -3.16.